The lowest BCUT2D eigenvalue weighted by atomic mass is 10.1. The Balaban J connectivity index is 0.000000142. The molecule has 6 heterocycles. The molecule has 4 aromatic rings. The molecule has 0 saturated heterocycles. The van der Waals surface area contributed by atoms with Crippen LogP contribution in [0.15, 0.2) is 35.3 Å². The molecule has 4 aromatic heterocycles. The molecule has 9 nitrogen and oxygen atoms in total. The van der Waals surface area contributed by atoms with E-state index >= 15 is 0 Å². The van der Waals surface area contributed by atoms with E-state index < -0.39 is 0 Å². The number of ketones is 1. The second kappa shape index (κ2) is 8.91. The van der Waals surface area contributed by atoms with Crippen molar-refractivity contribution in [3.63, 3.8) is 0 Å². The van der Waals surface area contributed by atoms with Gasteiger partial charge in [-0.2, -0.15) is 4.98 Å². The second-order valence-electron chi connectivity index (χ2n) is 7.31. The monoisotopic (exact) mass is 531 g/mol. The van der Waals surface area contributed by atoms with Gasteiger partial charge in [0.25, 0.3) is 5.91 Å². The number of hydrogen-bond donors (Lipinski definition) is 1. The third kappa shape index (κ3) is 4.00. The number of fused-ring (bicyclic) bond motifs is 4. The van der Waals surface area contributed by atoms with Crippen LogP contribution in [0.4, 0.5) is 28.7 Å². The van der Waals surface area contributed by atoms with Crippen LogP contribution in [-0.2, 0) is 6.42 Å². The third-order valence-corrected chi connectivity index (χ3v) is 7.47. The molecule has 2 aliphatic rings. The van der Waals surface area contributed by atoms with Gasteiger partial charge in [0, 0.05) is 32.3 Å². The lowest BCUT2D eigenvalue weighted by Gasteiger charge is -2.19. The van der Waals surface area contributed by atoms with Crippen LogP contribution in [0.1, 0.15) is 24.9 Å². The van der Waals surface area contributed by atoms with Gasteiger partial charge in [0.2, 0.25) is 10.6 Å². The molecule has 34 heavy (non-hydrogen) atoms. The summed E-state index contributed by atoms with van der Waals surface area (Å²) in [5.74, 6) is 1.27. The maximum absolute atomic E-state index is 12.3. The van der Waals surface area contributed by atoms with Gasteiger partial charge in [0.05, 0.1) is 22.4 Å². The predicted octanol–water partition coefficient (Wildman–Crippen LogP) is 5.22. The molecule has 0 atom stereocenters. The number of carbonyl (C=O) groups is 2. The van der Waals surface area contributed by atoms with Gasteiger partial charge in [-0.3, -0.25) is 9.59 Å². The van der Waals surface area contributed by atoms with Gasteiger partial charge < -0.3 is 15.1 Å². The Morgan fingerprint density at radius 1 is 0.912 bits per heavy atom. The fourth-order valence-electron chi connectivity index (χ4n) is 3.56. The van der Waals surface area contributed by atoms with E-state index in [2.05, 4.69) is 25.3 Å². The number of carbonyl (C=O) groups excluding carboxylic acids is 2. The Morgan fingerprint density at radius 2 is 1.62 bits per heavy atom. The van der Waals surface area contributed by atoms with Crippen molar-refractivity contribution in [2.75, 3.05) is 29.2 Å². The van der Waals surface area contributed by atoms with E-state index in [9.17, 15) is 9.59 Å². The summed E-state index contributed by atoms with van der Waals surface area (Å²) in [6, 6.07) is 3.76. The molecule has 0 fully saturated rings. The van der Waals surface area contributed by atoms with Crippen LogP contribution in [0, 0.1) is 0 Å². The largest absolute Gasteiger partial charge is 0.339 e. The molecule has 172 valence electrons. The number of nitrogens with zero attached hydrogens (tertiary/aromatic N) is 6. The predicted molar refractivity (Wildman–Crippen MR) is 135 cm³/mol. The fourth-order valence-corrected chi connectivity index (χ4v) is 5.51. The highest BCUT2D eigenvalue weighted by molar-refractivity contribution is 7.13. The molecule has 0 spiro atoms. The molecule has 0 bridgehead atoms. The summed E-state index contributed by atoms with van der Waals surface area (Å²) >= 11 is 14.4. The summed E-state index contributed by atoms with van der Waals surface area (Å²) in [5.41, 5.74) is 3.06. The SMILES string of the molecule is CN1C(=O)c2sccc2N(C)c2nc(Cl)ncc21.O=C1Cc2cnc(Cl)nc2Nc2ccsc21. The number of Topliss-reactive ketones (excluding diaryl/α,β-unsaturated/α-hetero) is 1. The number of amides is 1. The number of aromatic nitrogens is 4. The van der Waals surface area contributed by atoms with Crippen molar-refractivity contribution >= 4 is 86.3 Å². The van der Waals surface area contributed by atoms with Crippen molar-refractivity contribution in [2.24, 2.45) is 0 Å². The minimum absolute atomic E-state index is 0.0588. The minimum atomic E-state index is -0.0588. The van der Waals surface area contributed by atoms with Gasteiger partial charge in [-0.25, -0.2) is 15.0 Å². The van der Waals surface area contributed by atoms with Crippen LogP contribution in [0.5, 0.6) is 0 Å². The van der Waals surface area contributed by atoms with Crippen molar-refractivity contribution in [3.05, 3.63) is 61.2 Å². The lowest BCUT2D eigenvalue weighted by molar-refractivity contribution is 0.0990. The Hall–Kier alpha value is -3.12. The number of halogens is 2. The van der Waals surface area contributed by atoms with E-state index in [1.165, 1.54) is 22.7 Å². The van der Waals surface area contributed by atoms with E-state index in [4.69, 9.17) is 23.2 Å². The molecule has 2 aliphatic heterocycles. The molecule has 13 heteroatoms. The molecule has 0 radical (unpaired) electrons. The number of hydrogen-bond acceptors (Lipinski definition) is 10. The highest BCUT2D eigenvalue weighted by Gasteiger charge is 2.29. The normalized spacial score (nSPS) is 14.0. The van der Waals surface area contributed by atoms with E-state index in [1.807, 2.05) is 34.8 Å². The van der Waals surface area contributed by atoms with Crippen molar-refractivity contribution in [2.45, 2.75) is 6.42 Å². The van der Waals surface area contributed by atoms with Crippen LogP contribution in [0.2, 0.25) is 10.6 Å². The number of rotatable bonds is 0. The average Bonchev–Trinajstić information content (AvgIpc) is 3.46. The maximum atomic E-state index is 12.3. The Bertz CT molecular complexity index is 1440. The van der Waals surface area contributed by atoms with Gasteiger partial charge in [-0.05, 0) is 46.1 Å². The summed E-state index contributed by atoms with van der Waals surface area (Å²) in [6.07, 6.45) is 3.47. The first-order valence-electron chi connectivity index (χ1n) is 9.84. The summed E-state index contributed by atoms with van der Waals surface area (Å²) < 4.78 is 0. The van der Waals surface area contributed by atoms with Crippen LogP contribution in [-0.4, -0.2) is 45.7 Å². The molecular weight excluding hydrogens is 517 g/mol. The van der Waals surface area contributed by atoms with Crippen molar-refractivity contribution < 1.29 is 9.59 Å². The van der Waals surface area contributed by atoms with Gasteiger partial charge in [-0.15, -0.1) is 22.7 Å². The molecule has 0 aliphatic carbocycles. The van der Waals surface area contributed by atoms with E-state index in [1.54, 1.807) is 24.3 Å². The highest BCUT2D eigenvalue weighted by atomic mass is 35.5. The first kappa shape index (κ1) is 22.7. The first-order valence-corrected chi connectivity index (χ1v) is 12.4. The quantitative estimate of drug-likeness (QED) is 0.308. The van der Waals surface area contributed by atoms with Crippen LogP contribution in [0.25, 0.3) is 0 Å². The van der Waals surface area contributed by atoms with E-state index in [0.29, 0.717) is 28.6 Å². The van der Waals surface area contributed by atoms with E-state index in [-0.39, 0.29) is 22.3 Å². The van der Waals surface area contributed by atoms with Crippen LogP contribution < -0.4 is 15.1 Å². The summed E-state index contributed by atoms with van der Waals surface area (Å²) in [5, 5.41) is 7.22. The minimum Gasteiger partial charge on any atom is -0.339 e. The number of nitrogens with one attached hydrogen (secondary N) is 1. The van der Waals surface area contributed by atoms with E-state index in [0.717, 1.165) is 21.8 Å². The third-order valence-electron chi connectivity index (χ3n) is 5.26. The smallest absolute Gasteiger partial charge is 0.270 e. The summed E-state index contributed by atoms with van der Waals surface area (Å²) in [4.78, 5) is 45.1. The van der Waals surface area contributed by atoms with Crippen LogP contribution in [0.3, 0.4) is 0 Å². The topological polar surface area (TPSA) is 104 Å². The van der Waals surface area contributed by atoms with Crippen molar-refractivity contribution in [1.29, 1.82) is 0 Å². The lowest BCUT2D eigenvalue weighted by Crippen LogP contribution is -2.25. The zero-order chi connectivity index (χ0) is 24.0. The van der Waals surface area contributed by atoms with Crippen molar-refractivity contribution in [3.8, 4) is 0 Å². The first-order chi connectivity index (χ1) is 16.3. The maximum Gasteiger partial charge on any atom is 0.270 e. The molecule has 0 unspecified atom stereocenters. The number of anilines is 5. The zero-order valence-corrected chi connectivity index (χ0v) is 20.9. The molecular formula is C21H15Cl2N7O2S2. The molecule has 0 aromatic carbocycles. The summed E-state index contributed by atoms with van der Waals surface area (Å²) in [6.45, 7) is 0. The van der Waals surface area contributed by atoms with Crippen LogP contribution >= 0.6 is 45.9 Å². The molecule has 1 amide bonds. The molecule has 0 saturated carbocycles. The fraction of sp³-hybridized carbons (Fsp3) is 0.143. The zero-order valence-electron chi connectivity index (χ0n) is 17.7. The number of thiophene rings is 2. The van der Waals surface area contributed by atoms with Gasteiger partial charge >= 0.3 is 0 Å². The summed E-state index contributed by atoms with van der Waals surface area (Å²) in [7, 11) is 3.57. The van der Waals surface area contributed by atoms with Gasteiger partial charge in [0.15, 0.2) is 11.6 Å². The average molecular weight is 532 g/mol. The molecule has 6 rings (SSSR count). The standard InChI is InChI=1S/C11H9ClN4OS.C10H6ClN3OS/c1-15-6-3-4-18-8(6)10(17)16(2)7-5-13-11(12)14-9(7)15;11-10-12-4-5-3-7(15)8-6(1-2-16-8)13-9(5)14-10/h3-5H,1-2H3;1-2,4H,3H2,(H,12,13,14). The highest BCUT2D eigenvalue weighted by Crippen LogP contribution is 2.40. The second-order valence-corrected chi connectivity index (χ2v) is 9.82. The van der Waals surface area contributed by atoms with Crippen molar-refractivity contribution in [1.82, 2.24) is 19.9 Å². The Morgan fingerprint density at radius 3 is 2.44 bits per heavy atom. The molecule has 1 N–H and O–H groups in total. The van der Waals surface area contributed by atoms with Gasteiger partial charge in [0.1, 0.15) is 16.4 Å². The Kier molecular flexibility index (Phi) is 5.94. The van der Waals surface area contributed by atoms with Gasteiger partial charge in [-0.1, -0.05) is 0 Å². The Labute approximate surface area is 212 Å².